The van der Waals surface area contributed by atoms with E-state index in [4.69, 9.17) is 5.73 Å². The highest BCUT2D eigenvalue weighted by molar-refractivity contribution is 9.10. The van der Waals surface area contributed by atoms with Gasteiger partial charge in [-0.25, -0.2) is 4.39 Å². The van der Waals surface area contributed by atoms with E-state index in [0.717, 1.165) is 0 Å². The fraction of sp³-hybridized carbons (Fsp3) is 0.300. The molecule has 0 saturated heterocycles. The lowest BCUT2D eigenvalue weighted by Gasteiger charge is -2.09. The van der Waals surface area contributed by atoms with Gasteiger partial charge in [0, 0.05) is 12.6 Å². The zero-order chi connectivity index (χ0) is 12.1. The molecule has 4 nitrogen and oxygen atoms in total. The van der Waals surface area contributed by atoms with Crippen LogP contribution in [0.5, 0.6) is 0 Å². The predicted octanol–water partition coefficient (Wildman–Crippen LogP) is 2.15. The first-order valence-electron chi connectivity index (χ1n) is 4.59. The number of carbonyl (C=O) groups excluding carboxylic acids is 1. The third-order valence-electron chi connectivity index (χ3n) is 1.96. The zero-order valence-electron chi connectivity index (χ0n) is 8.72. The number of ether oxygens (including phenoxy) is 1. The molecular formula is C10H12BrFN2O2. The van der Waals surface area contributed by atoms with Crippen molar-refractivity contribution in [1.29, 1.82) is 0 Å². The van der Waals surface area contributed by atoms with Gasteiger partial charge in [0.15, 0.2) is 0 Å². The molecule has 3 N–H and O–H groups in total. The normalized spacial score (nSPS) is 9.94. The van der Waals surface area contributed by atoms with Gasteiger partial charge in [-0.3, -0.25) is 4.79 Å². The molecule has 88 valence electrons. The Balaban J connectivity index is 2.60. The summed E-state index contributed by atoms with van der Waals surface area (Å²) in [5, 5.41) is 2.92. The van der Waals surface area contributed by atoms with Gasteiger partial charge in [0.25, 0.3) is 0 Å². The average Bonchev–Trinajstić information content (AvgIpc) is 2.25. The van der Waals surface area contributed by atoms with E-state index in [1.807, 2.05) is 0 Å². The molecule has 0 unspecified atom stereocenters. The minimum atomic E-state index is -0.420. The molecule has 6 heteroatoms. The molecular weight excluding hydrogens is 279 g/mol. The minimum Gasteiger partial charge on any atom is -0.469 e. The molecule has 0 aromatic heterocycles. The van der Waals surface area contributed by atoms with Crippen molar-refractivity contribution in [3.05, 3.63) is 22.4 Å². The second-order valence-corrected chi connectivity index (χ2v) is 3.96. The Hall–Kier alpha value is -1.30. The van der Waals surface area contributed by atoms with E-state index in [1.165, 1.54) is 19.2 Å². The molecule has 16 heavy (non-hydrogen) atoms. The number of nitrogens with one attached hydrogen (secondary N) is 1. The van der Waals surface area contributed by atoms with Crippen LogP contribution in [0.25, 0.3) is 0 Å². The van der Waals surface area contributed by atoms with Gasteiger partial charge in [0.2, 0.25) is 0 Å². The summed E-state index contributed by atoms with van der Waals surface area (Å²) < 4.78 is 17.8. The molecule has 0 aliphatic carbocycles. The number of rotatable bonds is 4. The Kier molecular flexibility index (Phi) is 4.54. The van der Waals surface area contributed by atoms with Gasteiger partial charge in [0.1, 0.15) is 5.82 Å². The van der Waals surface area contributed by atoms with Gasteiger partial charge in [-0.05, 0) is 22.0 Å². The first-order valence-corrected chi connectivity index (χ1v) is 5.39. The van der Waals surface area contributed by atoms with E-state index in [-0.39, 0.29) is 12.4 Å². The molecule has 0 radical (unpaired) electrons. The van der Waals surface area contributed by atoms with E-state index in [9.17, 15) is 9.18 Å². The summed E-state index contributed by atoms with van der Waals surface area (Å²) in [7, 11) is 1.32. The highest BCUT2D eigenvalue weighted by atomic mass is 79.9. The van der Waals surface area contributed by atoms with Gasteiger partial charge in [-0.1, -0.05) is 0 Å². The number of hydrogen-bond donors (Lipinski definition) is 2. The number of halogens is 2. The number of carbonyl (C=O) groups is 1. The lowest BCUT2D eigenvalue weighted by molar-refractivity contribution is -0.140. The Labute approximate surface area is 101 Å². The smallest absolute Gasteiger partial charge is 0.307 e. The topological polar surface area (TPSA) is 64.3 Å². The summed E-state index contributed by atoms with van der Waals surface area (Å²) in [6, 6.07) is 2.74. The number of nitrogen functional groups attached to an aromatic ring is 1. The van der Waals surface area contributed by atoms with Crippen LogP contribution in [-0.4, -0.2) is 19.6 Å². The quantitative estimate of drug-likeness (QED) is 0.659. The molecule has 0 amide bonds. The van der Waals surface area contributed by atoms with E-state index in [0.29, 0.717) is 22.4 Å². The molecule has 0 spiro atoms. The van der Waals surface area contributed by atoms with Crippen molar-refractivity contribution >= 4 is 33.3 Å². The van der Waals surface area contributed by atoms with Crippen molar-refractivity contribution in [3.8, 4) is 0 Å². The van der Waals surface area contributed by atoms with E-state index < -0.39 is 5.82 Å². The molecule has 0 aliphatic heterocycles. The maximum Gasteiger partial charge on any atom is 0.307 e. The molecule has 1 rings (SSSR count). The summed E-state index contributed by atoms with van der Waals surface area (Å²) in [4.78, 5) is 10.8. The second kappa shape index (κ2) is 5.69. The number of hydrogen-bond acceptors (Lipinski definition) is 4. The molecule has 0 atom stereocenters. The van der Waals surface area contributed by atoms with Crippen molar-refractivity contribution in [2.75, 3.05) is 24.7 Å². The maximum atomic E-state index is 13.0. The van der Waals surface area contributed by atoms with Crippen molar-refractivity contribution in [2.45, 2.75) is 6.42 Å². The van der Waals surface area contributed by atoms with Crippen molar-refractivity contribution in [1.82, 2.24) is 0 Å². The fourth-order valence-corrected chi connectivity index (χ4v) is 1.46. The molecule has 0 saturated carbocycles. The van der Waals surface area contributed by atoms with Gasteiger partial charge >= 0.3 is 5.97 Å². The Morgan fingerprint density at radius 1 is 1.62 bits per heavy atom. The molecule has 1 aromatic carbocycles. The molecule has 1 aromatic rings. The second-order valence-electron chi connectivity index (χ2n) is 3.11. The van der Waals surface area contributed by atoms with Crippen LogP contribution in [0.2, 0.25) is 0 Å². The molecule has 0 heterocycles. The summed E-state index contributed by atoms with van der Waals surface area (Å²) in [6.07, 6.45) is 0.227. The van der Waals surface area contributed by atoms with Crippen molar-refractivity contribution in [3.63, 3.8) is 0 Å². The van der Waals surface area contributed by atoms with Gasteiger partial charge in [-0.15, -0.1) is 0 Å². The van der Waals surface area contributed by atoms with E-state index in [1.54, 1.807) is 0 Å². The summed E-state index contributed by atoms with van der Waals surface area (Å²) in [5.74, 6) is -0.733. The molecule has 0 bridgehead atoms. The monoisotopic (exact) mass is 290 g/mol. The van der Waals surface area contributed by atoms with Crippen molar-refractivity contribution in [2.24, 2.45) is 0 Å². The number of benzene rings is 1. The summed E-state index contributed by atoms with van der Waals surface area (Å²) >= 11 is 3.05. The average molecular weight is 291 g/mol. The lowest BCUT2D eigenvalue weighted by Crippen LogP contribution is -2.10. The Morgan fingerprint density at radius 3 is 2.94 bits per heavy atom. The SMILES string of the molecule is COC(=O)CCNc1cc(Br)c(F)cc1N. The number of nitrogens with two attached hydrogens (primary N) is 1. The standard InChI is InChI=1S/C10H12BrFN2O2/c1-16-10(15)2-3-14-9-4-6(11)7(12)5-8(9)13/h4-5,14H,2-3,13H2,1H3. The third kappa shape index (κ3) is 3.37. The third-order valence-corrected chi connectivity index (χ3v) is 2.57. The van der Waals surface area contributed by atoms with Crippen LogP contribution >= 0.6 is 15.9 Å². The van der Waals surface area contributed by atoms with Gasteiger partial charge < -0.3 is 15.8 Å². The lowest BCUT2D eigenvalue weighted by atomic mass is 10.2. The highest BCUT2D eigenvalue weighted by Crippen LogP contribution is 2.26. The first kappa shape index (κ1) is 12.8. The largest absolute Gasteiger partial charge is 0.469 e. The Morgan fingerprint density at radius 2 is 2.31 bits per heavy atom. The van der Waals surface area contributed by atoms with Crippen LogP contribution in [0, 0.1) is 5.82 Å². The fourth-order valence-electron chi connectivity index (χ4n) is 1.12. The highest BCUT2D eigenvalue weighted by Gasteiger charge is 2.06. The number of esters is 1. The predicted molar refractivity (Wildman–Crippen MR) is 63.6 cm³/mol. The van der Waals surface area contributed by atoms with Crippen LogP contribution in [0.15, 0.2) is 16.6 Å². The van der Waals surface area contributed by atoms with E-state index >= 15 is 0 Å². The summed E-state index contributed by atoms with van der Waals surface area (Å²) in [5.41, 5.74) is 6.48. The summed E-state index contributed by atoms with van der Waals surface area (Å²) in [6.45, 7) is 0.384. The van der Waals surface area contributed by atoms with Crippen LogP contribution < -0.4 is 11.1 Å². The van der Waals surface area contributed by atoms with Crippen LogP contribution in [-0.2, 0) is 9.53 Å². The van der Waals surface area contributed by atoms with Crippen LogP contribution in [0.1, 0.15) is 6.42 Å². The number of methoxy groups -OCH3 is 1. The zero-order valence-corrected chi connectivity index (χ0v) is 10.3. The van der Waals surface area contributed by atoms with Crippen molar-refractivity contribution < 1.29 is 13.9 Å². The molecule has 0 aliphatic rings. The van der Waals surface area contributed by atoms with Gasteiger partial charge in [-0.2, -0.15) is 0 Å². The maximum absolute atomic E-state index is 13.0. The minimum absolute atomic E-state index is 0.227. The van der Waals surface area contributed by atoms with Crippen LogP contribution in [0.3, 0.4) is 0 Å². The van der Waals surface area contributed by atoms with Gasteiger partial charge in [0.05, 0.1) is 29.4 Å². The number of anilines is 2. The molecule has 0 fully saturated rings. The van der Waals surface area contributed by atoms with E-state index in [2.05, 4.69) is 26.0 Å². The first-order chi connectivity index (χ1) is 7.54. The van der Waals surface area contributed by atoms with Crippen LogP contribution in [0.4, 0.5) is 15.8 Å². The Bertz CT molecular complexity index is 399.